The number of carbonyl (C=O) groups excluding carboxylic acids is 2. The molecule has 0 spiro atoms. The number of hydrogen-bond donors (Lipinski definition) is 1. The first-order valence-electron chi connectivity index (χ1n) is 10.9. The summed E-state index contributed by atoms with van der Waals surface area (Å²) in [7, 11) is 4.43. The highest BCUT2D eigenvalue weighted by atomic mass is 19.1. The minimum Gasteiger partial charge on any atom is -0.493 e. The molecule has 2 aromatic rings. The summed E-state index contributed by atoms with van der Waals surface area (Å²) in [5, 5.41) is 12.5. The van der Waals surface area contributed by atoms with E-state index in [-0.39, 0.29) is 30.6 Å². The molecule has 2 atom stereocenters. The van der Waals surface area contributed by atoms with Crippen molar-refractivity contribution in [3.63, 3.8) is 0 Å². The predicted molar refractivity (Wildman–Crippen MR) is 122 cm³/mol. The summed E-state index contributed by atoms with van der Waals surface area (Å²) in [5.74, 6) is -0.0819. The van der Waals surface area contributed by atoms with Crippen molar-refractivity contribution in [2.75, 3.05) is 34.4 Å². The van der Waals surface area contributed by atoms with E-state index in [9.17, 15) is 19.2 Å². The zero-order valence-electron chi connectivity index (χ0n) is 19.5. The lowest BCUT2D eigenvalue weighted by atomic mass is 9.95. The number of carbonyl (C=O) groups is 2. The molecule has 0 bridgehead atoms. The average molecular weight is 470 g/mol. The number of rotatable bonds is 8. The number of piperidine rings is 1. The Morgan fingerprint density at radius 2 is 1.79 bits per heavy atom. The molecule has 0 radical (unpaired) electrons. The van der Waals surface area contributed by atoms with Crippen LogP contribution in [0.25, 0.3) is 0 Å². The lowest BCUT2D eigenvalue weighted by molar-refractivity contribution is -0.135. The van der Waals surface area contributed by atoms with Gasteiger partial charge >= 0.3 is 0 Å². The van der Waals surface area contributed by atoms with Crippen LogP contribution < -0.4 is 19.5 Å². The second-order valence-corrected chi connectivity index (χ2v) is 8.01. The molecule has 1 aliphatic rings. The summed E-state index contributed by atoms with van der Waals surface area (Å²) in [6.07, 6.45) is 1.43. The van der Waals surface area contributed by atoms with E-state index in [1.54, 1.807) is 29.2 Å². The van der Waals surface area contributed by atoms with Crippen LogP contribution in [0.3, 0.4) is 0 Å². The molecule has 2 unspecified atom stereocenters. The number of benzene rings is 2. The summed E-state index contributed by atoms with van der Waals surface area (Å²) in [4.78, 5) is 27.4. The maximum atomic E-state index is 13.1. The molecule has 8 nitrogen and oxygen atoms in total. The van der Waals surface area contributed by atoms with Gasteiger partial charge in [0.15, 0.2) is 11.5 Å². The Bertz CT molecular complexity index is 1040. The van der Waals surface area contributed by atoms with Crippen molar-refractivity contribution in [3.8, 4) is 23.3 Å². The SMILES string of the molecule is COc1cc(C(C#N)NC(=O)C2CCCN(C(=O)Cc3ccc(F)cc3)C2)cc(OC)c1OC. The van der Waals surface area contributed by atoms with Crippen molar-refractivity contribution in [1.29, 1.82) is 5.26 Å². The Balaban J connectivity index is 1.68. The van der Waals surface area contributed by atoms with Crippen molar-refractivity contribution in [2.45, 2.75) is 25.3 Å². The second kappa shape index (κ2) is 11.4. The maximum absolute atomic E-state index is 13.1. The summed E-state index contributed by atoms with van der Waals surface area (Å²) in [6, 6.07) is 10.2. The van der Waals surface area contributed by atoms with Gasteiger partial charge in [0.1, 0.15) is 11.9 Å². The van der Waals surface area contributed by atoms with Gasteiger partial charge < -0.3 is 24.4 Å². The van der Waals surface area contributed by atoms with Gasteiger partial charge in [-0.25, -0.2) is 4.39 Å². The number of nitrogens with one attached hydrogen (secondary N) is 1. The molecule has 1 saturated heterocycles. The summed E-state index contributed by atoms with van der Waals surface area (Å²) in [6.45, 7) is 0.817. The number of likely N-dealkylation sites (tertiary alicyclic amines) is 1. The third-order valence-electron chi connectivity index (χ3n) is 5.85. The van der Waals surface area contributed by atoms with Crippen LogP contribution in [-0.2, 0) is 16.0 Å². The van der Waals surface area contributed by atoms with Crippen LogP contribution in [0.2, 0.25) is 0 Å². The quantitative estimate of drug-likeness (QED) is 0.638. The molecule has 1 heterocycles. The van der Waals surface area contributed by atoms with Crippen molar-refractivity contribution >= 4 is 11.8 Å². The fourth-order valence-electron chi connectivity index (χ4n) is 4.02. The van der Waals surface area contributed by atoms with Gasteiger partial charge in [-0.15, -0.1) is 0 Å². The average Bonchev–Trinajstić information content (AvgIpc) is 2.87. The minimum absolute atomic E-state index is 0.120. The number of methoxy groups -OCH3 is 3. The molecule has 2 aromatic carbocycles. The highest BCUT2D eigenvalue weighted by Gasteiger charge is 2.30. The van der Waals surface area contributed by atoms with E-state index in [1.165, 1.54) is 33.5 Å². The number of amides is 2. The van der Waals surface area contributed by atoms with Crippen LogP contribution >= 0.6 is 0 Å². The van der Waals surface area contributed by atoms with Crippen LogP contribution in [0.4, 0.5) is 4.39 Å². The van der Waals surface area contributed by atoms with Crippen LogP contribution in [0.1, 0.15) is 30.0 Å². The molecule has 2 amide bonds. The number of halogens is 1. The Kier molecular flexibility index (Phi) is 8.30. The van der Waals surface area contributed by atoms with E-state index in [0.29, 0.717) is 47.8 Å². The second-order valence-electron chi connectivity index (χ2n) is 8.01. The number of nitrogens with zero attached hydrogens (tertiary/aromatic N) is 2. The van der Waals surface area contributed by atoms with Crippen LogP contribution in [0.5, 0.6) is 17.2 Å². The molecule has 3 rings (SSSR count). The van der Waals surface area contributed by atoms with Crippen molar-refractivity contribution in [1.82, 2.24) is 10.2 Å². The van der Waals surface area contributed by atoms with E-state index in [2.05, 4.69) is 11.4 Å². The molecule has 180 valence electrons. The topological polar surface area (TPSA) is 101 Å². The Hall–Kier alpha value is -3.80. The van der Waals surface area contributed by atoms with E-state index in [1.807, 2.05) is 0 Å². The maximum Gasteiger partial charge on any atom is 0.227 e. The summed E-state index contributed by atoms with van der Waals surface area (Å²) >= 11 is 0. The van der Waals surface area contributed by atoms with Gasteiger partial charge in [0, 0.05) is 13.1 Å². The lowest BCUT2D eigenvalue weighted by Gasteiger charge is -2.32. The number of nitriles is 1. The molecule has 34 heavy (non-hydrogen) atoms. The van der Waals surface area contributed by atoms with E-state index in [0.717, 1.165) is 0 Å². The minimum atomic E-state index is -0.938. The molecule has 1 fully saturated rings. The van der Waals surface area contributed by atoms with E-state index >= 15 is 0 Å². The zero-order chi connectivity index (χ0) is 24.7. The molecular weight excluding hydrogens is 441 g/mol. The van der Waals surface area contributed by atoms with Gasteiger partial charge in [-0.1, -0.05) is 12.1 Å². The molecule has 0 aliphatic carbocycles. The van der Waals surface area contributed by atoms with Gasteiger partial charge in [0.25, 0.3) is 0 Å². The molecular formula is C25H28FN3O5. The Labute approximate surface area is 198 Å². The highest BCUT2D eigenvalue weighted by molar-refractivity contribution is 5.83. The number of ether oxygens (including phenoxy) is 3. The van der Waals surface area contributed by atoms with Gasteiger partial charge in [-0.2, -0.15) is 5.26 Å². The highest BCUT2D eigenvalue weighted by Crippen LogP contribution is 2.39. The predicted octanol–water partition coefficient (Wildman–Crippen LogP) is 3.01. The largest absolute Gasteiger partial charge is 0.493 e. The van der Waals surface area contributed by atoms with Crippen molar-refractivity contribution < 1.29 is 28.2 Å². The molecule has 0 aromatic heterocycles. The normalized spacial score (nSPS) is 16.2. The van der Waals surface area contributed by atoms with Crippen LogP contribution in [0, 0.1) is 23.1 Å². The molecule has 9 heteroatoms. The van der Waals surface area contributed by atoms with Crippen LogP contribution in [-0.4, -0.2) is 51.1 Å². The van der Waals surface area contributed by atoms with Crippen LogP contribution in [0.15, 0.2) is 36.4 Å². The smallest absolute Gasteiger partial charge is 0.227 e. The van der Waals surface area contributed by atoms with Gasteiger partial charge in [-0.05, 0) is 48.2 Å². The van der Waals surface area contributed by atoms with Gasteiger partial charge in [0.2, 0.25) is 17.6 Å². The fraction of sp³-hybridized carbons (Fsp3) is 0.400. The summed E-state index contributed by atoms with van der Waals surface area (Å²) < 4.78 is 29.1. The first kappa shape index (κ1) is 24.8. The van der Waals surface area contributed by atoms with Gasteiger partial charge in [0.05, 0.1) is 39.7 Å². The third kappa shape index (κ3) is 5.76. The zero-order valence-corrected chi connectivity index (χ0v) is 19.5. The first-order chi connectivity index (χ1) is 16.4. The van der Waals surface area contributed by atoms with Crippen molar-refractivity contribution in [3.05, 3.63) is 53.3 Å². The molecule has 1 aliphatic heterocycles. The third-order valence-corrected chi connectivity index (χ3v) is 5.85. The Morgan fingerprint density at radius 3 is 2.35 bits per heavy atom. The molecule has 1 N–H and O–H groups in total. The Morgan fingerprint density at radius 1 is 1.15 bits per heavy atom. The van der Waals surface area contributed by atoms with Gasteiger partial charge in [-0.3, -0.25) is 9.59 Å². The first-order valence-corrected chi connectivity index (χ1v) is 10.9. The monoisotopic (exact) mass is 469 g/mol. The lowest BCUT2D eigenvalue weighted by Crippen LogP contribution is -2.46. The van der Waals surface area contributed by atoms with E-state index in [4.69, 9.17) is 14.2 Å². The molecule has 0 saturated carbocycles. The standard InChI is InChI=1S/C25H28FN3O5/c1-32-21-12-18(13-22(33-2)24(21)34-3)20(14-27)28-25(31)17-5-4-10-29(15-17)23(30)11-16-6-8-19(26)9-7-16/h6-9,12-13,17,20H,4-5,10-11,15H2,1-3H3,(H,28,31). The van der Waals surface area contributed by atoms with E-state index < -0.39 is 12.0 Å². The fourth-order valence-corrected chi connectivity index (χ4v) is 4.02. The van der Waals surface area contributed by atoms with Crippen molar-refractivity contribution in [2.24, 2.45) is 5.92 Å². The summed E-state index contributed by atoms with van der Waals surface area (Å²) in [5.41, 5.74) is 1.20. The number of hydrogen-bond acceptors (Lipinski definition) is 6.